The number of amides is 2. The molecule has 0 spiro atoms. The van der Waals surface area contributed by atoms with Crippen molar-refractivity contribution in [2.45, 2.75) is 78.9 Å². The van der Waals surface area contributed by atoms with E-state index in [2.05, 4.69) is 29.8 Å². The molecule has 0 aliphatic heterocycles. The first kappa shape index (κ1) is 49.0. The largest absolute Gasteiger partial charge is 0.791 e. The predicted molar refractivity (Wildman–Crippen MR) is 225 cm³/mol. The molecule has 0 radical (unpaired) electrons. The fourth-order valence-corrected chi connectivity index (χ4v) is 5.82. The van der Waals surface area contributed by atoms with Gasteiger partial charge >= 0.3 is 0 Å². The molecule has 4 aromatic carbocycles. The van der Waals surface area contributed by atoms with Crippen LogP contribution in [0.4, 0.5) is 0 Å². The Bertz CT molecular complexity index is 1690. The molecule has 10 heteroatoms. The average Bonchev–Trinajstić information content (AvgIpc) is 3.21. The SMILES string of the molecule is C/C=C/c1ccc(C(NC(=O)COc2ccc(C(NC(=O)C(C[S-])NC)c3ccc(OC)cc3OC)cc2)c2ccc(C)cc2)cc1.CC.CCCCC.[Pd]. The van der Waals surface area contributed by atoms with Crippen LogP contribution in [0.5, 0.6) is 17.2 Å². The van der Waals surface area contributed by atoms with Crippen molar-refractivity contribution < 1.29 is 44.2 Å². The van der Waals surface area contributed by atoms with Gasteiger partial charge in [0.05, 0.1) is 32.3 Å². The van der Waals surface area contributed by atoms with E-state index in [-0.39, 0.29) is 50.6 Å². The van der Waals surface area contributed by atoms with Crippen LogP contribution in [0.2, 0.25) is 0 Å². The van der Waals surface area contributed by atoms with Crippen LogP contribution < -0.4 is 30.2 Å². The molecular weight excluding hydrogens is 801 g/mol. The summed E-state index contributed by atoms with van der Waals surface area (Å²) >= 11 is 5.17. The van der Waals surface area contributed by atoms with Gasteiger partial charge in [-0.05, 0) is 67.4 Å². The first-order valence-corrected chi connectivity index (χ1v) is 19.4. The maximum absolute atomic E-state index is 13.2. The molecule has 0 aliphatic carbocycles. The van der Waals surface area contributed by atoms with E-state index >= 15 is 0 Å². The third kappa shape index (κ3) is 15.9. The summed E-state index contributed by atoms with van der Waals surface area (Å²) in [6.07, 6.45) is 8.10. The number of hydrogen-bond donors (Lipinski definition) is 3. The molecule has 3 atom stereocenters. The molecule has 4 aromatic rings. The van der Waals surface area contributed by atoms with Gasteiger partial charge < -0.3 is 42.8 Å². The topological polar surface area (TPSA) is 97.9 Å². The number of carbonyl (C=O) groups excluding carboxylic acids is 2. The van der Waals surface area contributed by atoms with Crippen molar-refractivity contribution >= 4 is 30.5 Å². The molecule has 0 aliphatic rings. The molecule has 302 valence electrons. The van der Waals surface area contributed by atoms with E-state index in [1.54, 1.807) is 39.5 Å². The van der Waals surface area contributed by atoms with E-state index in [9.17, 15) is 9.59 Å². The van der Waals surface area contributed by atoms with Crippen molar-refractivity contribution in [1.29, 1.82) is 0 Å². The van der Waals surface area contributed by atoms with Gasteiger partial charge in [-0.15, -0.1) is 0 Å². The number of hydrogen-bond acceptors (Lipinski definition) is 7. The molecule has 0 saturated carbocycles. The maximum Gasteiger partial charge on any atom is 0.258 e. The van der Waals surface area contributed by atoms with Crippen LogP contribution in [0.3, 0.4) is 0 Å². The average molecular weight is 861 g/mol. The molecule has 0 aromatic heterocycles. The summed E-state index contributed by atoms with van der Waals surface area (Å²) in [5.41, 5.74) is 5.72. The number of unbranched alkanes of at least 4 members (excludes halogenated alkanes) is 2. The number of carbonyl (C=O) groups is 2. The monoisotopic (exact) mass is 860 g/mol. The number of nitrogens with one attached hydrogen (secondary N) is 3. The Balaban J connectivity index is 0.00000175. The molecule has 3 unspecified atom stereocenters. The van der Waals surface area contributed by atoms with E-state index < -0.39 is 12.1 Å². The Hall–Kier alpha value is -4.07. The second-order valence-corrected chi connectivity index (χ2v) is 12.7. The Kier molecular flexibility index (Phi) is 24.5. The molecule has 3 N–H and O–H groups in total. The summed E-state index contributed by atoms with van der Waals surface area (Å²) in [4.78, 5) is 26.3. The van der Waals surface area contributed by atoms with E-state index in [0.717, 1.165) is 33.4 Å². The first-order chi connectivity index (χ1) is 26.2. The number of aryl methyl sites for hydroxylation is 1. The van der Waals surface area contributed by atoms with Crippen molar-refractivity contribution in [2.24, 2.45) is 0 Å². The van der Waals surface area contributed by atoms with Gasteiger partial charge in [0.15, 0.2) is 6.61 Å². The van der Waals surface area contributed by atoms with Gasteiger partial charge in [-0.1, -0.05) is 125 Å². The fraction of sp³-hybridized carbons (Fsp3) is 0.378. The Morgan fingerprint density at radius 3 is 1.80 bits per heavy atom. The summed E-state index contributed by atoms with van der Waals surface area (Å²) in [6.45, 7) is 12.3. The van der Waals surface area contributed by atoms with Crippen molar-refractivity contribution in [3.05, 3.63) is 130 Å². The molecule has 2 amide bonds. The molecular formula is C45H60N3O5PdS-. The molecule has 4 rings (SSSR count). The number of rotatable bonds is 17. The van der Waals surface area contributed by atoms with Crippen LogP contribution in [0, 0.1) is 6.92 Å². The standard InChI is InChI=1S/C38H43N3O5S.C5H12.C2H6.Pd/c1-6-7-26-10-14-28(15-11-26)36(27-12-8-25(2)9-13-27)40-35(42)23-46-30-18-16-29(17-19-30)37(41-38(43)33(24-47)39-3)32-21-20-31(44-4)22-34(32)45-5;1-3-5-4-2;1-2;/h6-22,33,36-37,39,47H,23-24H2,1-5H3,(H,40,42)(H,41,43);3-5H2,1-2H3;1-2H3;/p-1/b7-6+;;;. The first-order valence-electron chi connectivity index (χ1n) is 18.8. The molecule has 0 bridgehead atoms. The van der Waals surface area contributed by atoms with E-state index in [1.807, 2.05) is 113 Å². The zero-order chi connectivity index (χ0) is 39.9. The minimum Gasteiger partial charge on any atom is -0.791 e. The third-order valence-corrected chi connectivity index (χ3v) is 8.84. The summed E-state index contributed by atoms with van der Waals surface area (Å²) in [5, 5.41) is 9.20. The van der Waals surface area contributed by atoms with Gasteiger partial charge in [-0.2, -0.15) is 5.75 Å². The maximum atomic E-state index is 13.2. The van der Waals surface area contributed by atoms with Gasteiger partial charge in [-0.3, -0.25) is 9.59 Å². The van der Waals surface area contributed by atoms with Crippen LogP contribution in [0.25, 0.3) is 6.08 Å². The van der Waals surface area contributed by atoms with E-state index in [1.165, 1.54) is 19.3 Å². The number of allylic oxidation sites excluding steroid dienone is 1. The number of ether oxygens (including phenoxy) is 3. The van der Waals surface area contributed by atoms with Gasteiger partial charge in [0.1, 0.15) is 17.2 Å². The second-order valence-electron chi connectivity index (χ2n) is 12.3. The minimum atomic E-state index is -0.549. The minimum absolute atomic E-state index is 0. The van der Waals surface area contributed by atoms with Crippen molar-refractivity contribution in [3.63, 3.8) is 0 Å². The molecule has 0 heterocycles. The Labute approximate surface area is 349 Å². The fourth-order valence-electron chi connectivity index (χ4n) is 5.50. The molecule has 55 heavy (non-hydrogen) atoms. The van der Waals surface area contributed by atoms with E-state index in [4.69, 9.17) is 26.8 Å². The van der Waals surface area contributed by atoms with Crippen LogP contribution in [-0.2, 0) is 42.6 Å². The normalized spacial score (nSPS) is 12.0. The Morgan fingerprint density at radius 1 is 0.764 bits per heavy atom. The summed E-state index contributed by atoms with van der Waals surface area (Å²) < 4.78 is 16.9. The number of benzene rings is 4. The summed E-state index contributed by atoms with van der Waals surface area (Å²) in [6, 6.07) is 27.5. The van der Waals surface area contributed by atoms with Crippen molar-refractivity contribution in [2.75, 3.05) is 33.6 Å². The summed E-state index contributed by atoms with van der Waals surface area (Å²) in [5.74, 6) is 1.43. The molecule has 8 nitrogen and oxygen atoms in total. The second kappa shape index (κ2) is 27.5. The van der Waals surface area contributed by atoms with Gasteiger partial charge in [0.25, 0.3) is 5.91 Å². The van der Waals surface area contributed by atoms with Crippen LogP contribution in [0.1, 0.15) is 99.3 Å². The zero-order valence-corrected chi connectivity index (χ0v) is 36.2. The molecule has 0 saturated heterocycles. The van der Waals surface area contributed by atoms with Gasteiger partial charge in [-0.25, -0.2) is 0 Å². The van der Waals surface area contributed by atoms with Crippen molar-refractivity contribution in [3.8, 4) is 17.2 Å². The predicted octanol–water partition coefficient (Wildman–Crippen LogP) is 8.89. The quantitative estimate of drug-likeness (QED) is 0.0721. The number of likely N-dealkylation sites (N-methyl/N-ethyl adjacent to an activating group) is 1. The van der Waals surface area contributed by atoms with E-state index in [0.29, 0.717) is 17.2 Å². The van der Waals surface area contributed by atoms with Gasteiger partial charge in [0.2, 0.25) is 5.91 Å². The van der Waals surface area contributed by atoms with Crippen LogP contribution >= 0.6 is 0 Å². The Morgan fingerprint density at radius 2 is 1.31 bits per heavy atom. The van der Waals surface area contributed by atoms with Crippen LogP contribution in [-0.4, -0.2) is 51.5 Å². The smallest absolute Gasteiger partial charge is 0.258 e. The number of methoxy groups -OCH3 is 2. The third-order valence-electron chi connectivity index (χ3n) is 8.51. The zero-order valence-electron chi connectivity index (χ0n) is 33.8. The van der Waals surface area contributed by atoms with Crippen LogP contribution in [0.15, 0.2) is 97.1 Å². The van der Waals surface area contributed by atoms with Crippen molar-refractivity contribution in [1.82, 2.24) is 16.0 Å². The molecule has 0 fully saturated rings. The summed E-state index contributed by atoms with van der Waals surface area (Å²) in [7, 11) is 4.85. The van der Waals surface area contributed by atoms with Gasteiger partial charge in [0, 0.05) is 32.1 Å².